The molecule has 0 spiro atoms. The number of cyclic esters (lactones) is 1. The quantitative estimate of drug-likeness (QED) is 0.466. The Balaban J connectivity index is 2.27. The van der Waals surface area contributed by atoms with E-state index in [-0.39, 0.29) is 18.1 Å². The van der Waals surface area contributed by atoms with E-state index in [0.29, 0.717) is 6.42 Å². The van der Waals surface area contributed by atoms with Crippen molar-refractivity contribution in [2.75, 3.05) is 0 Å². The molecule has 1 aromatic rings. The van der Waals surface area contributed by atoms with Crippen LogP contribution in [-0.4, -0.2) is 45.3 Å². The number of esters is 1. The summed E-state index contributed by atoms with van der Waals surface area (Å²) >= 11 is 1.56. The molecule has 0 amide bonds. The number of thiazole rings is 1. The molecule has 5 atom stereocenters. The van der Waals surface area contributed by atoms with Gasteiger partial charge >= 0.3 is 5.97 Å². The first kappa shape index (κ1) is 27.4. The van der Waals surface area contributed by atoms with E-state index < -0.39 is 35.6 Å². The maximum atomic E-state index is 13.1. The first-order valence-electron chi connectivity index (χ1n) is 11.8. The van der Waals surface area contributed by atoms with Crippen molar-refractivity contribution in [1.29, 1.82) is 0 Å². The van der Waals surface area contributed by atoms with Crippen LogP contribution in [0.5, 0.6) is 0 Å². The van der Waals surface area contributed by atoms with Crippen LogP contribution in [0.4, 0.5) is 0 Å². The van der Waals surface area contributed by atoms with Gasteiger partial charge in [-0.05, 0) is 50.7 Å². The number of aliphatic hydroxyl groups is 2. The topological polar surface area (TPSA) is 96.7 Å². The second-order valence-corrected chi connectivity index (χ2v) is 10.9. The van der Waals surface area contributed by atoms with Gasteiger partial charge in [-0.25, -0.2) is 4.98 Å². The molecule has 0 saturated heterocycles. The zero-order valence-electron chi connectivity index (χ0n) is 20.7. The molecule has 7 heteroatoms. The molecule has 1 aromatic heterocycles. The van der Waals surface area contributed by atoms with E-state index in [1.54, 1.807) is 32.1 Å². The molecule has 6 nitrogen and oxygen atoms in total. The first-order valence-corrected chi connectivity index (χ1v) is 12.7. The van der Waals surface area contributed by atoms with Crippen LogP contribution < -0.4 is 0 Å². The van der Waals surface area contributed by atoms with Crippen LogP contribution in [0.15, 0.2) is 23.1 Å². The lowest BCUT2D eigenvalue weighted by molar-refractivity contribution is -0.154. The van der Waals surface area contributed by atoms with Crippen molar-refractivity contribution in [2.45, 2.75) is 92.0 Å². The van der Waals surface area contributed by atoms with Crippen molar-refractivity contribution in [1.82, 2.24) is 4.98 Å². The summed E-state index contributed by atoms with van der Waals surface area (Å²) in [5.41, 5.74) is 0.513. The number of ketones is 1. The highest BCUT2D eigenvalue weighted by Gasteiger charge is 2.42. The number of ether oxygens (including phenoxy) is 1. The van der Waals surface area contributed by atoms with Crippen molar-refractivity contribution < 1.29 is 24.5 Å². The third-order valence-electron chi connectivity index (χ3n) is 6.68. The van der Waals surface area contributed by atoms with Gasteiger partial charge < -0.3 is 14.9 Å². The Morgan fingerprint density at radius 1 is 1.24 bits per heavy atom. The number of rotatable bonds is 2. The van der Waals surface area contributed by atoms with Gasteiger partial charge in [-0.1, -0.05) is 39.8 Å². The van der Waals surface area contributed by atoms with Crippen molar-refractivity contribution >= 4 is 29.2 Å². The van der Waals surface area contributed by atoms with Gasteiger partial charge in [0.1, 0.15) is 11.9 Å². The maximum absolute atomic E-state index is 13.1. The van der Waals surface area contributed by atoms with Gasteiger partial charge in [0, 0.05) is 17.7 Å². The fourth-order valence-corrected chi connectivity index (χ4v) is 4.75. The van der Waals surface area contributed by atoms with Gasteiger partial charge in [-0.3, -0.25) is 9.59 Å². The van der Waals surface area contributed by atoms with E-state index in [9.17, 15) is 19.8 Å². The van der Waals surface area contributed by atoms with Gasteiger partial charge in [0.25, 0.3) is 0 Å². The van der Waals surface area contributed by atoms with Gasteiger partial charge in [0.15, 0.2) is 0 Å². The molecular weight excluding hydrogens is 438 g/mol. The Hall–Kier alpha value is -1.83. The Morgan fingerprint density at radius 3 is 2.58 bits per heavy atom. The van der Waals surface area contributed by atoms with E-state index in [1.807, 2.05) is 38.3 Å². The number of aromatic nitrogens is 1. The second kappa shape index (κ2) is 12.0. The lowest BCUT2D eigenvalue weighted by Gasteiger charge is -2.34. The molecule has 1 aliphatic rings. The van der Waals surface area contributed by atoms with Crippen molar-refractivity contribution in [3.05, 3.63) is 33.8 Å². The number of carbonyl (C=O) groups excluding carboxylic acids is 2. The Morgan fingerprint density at radius 2 is 1.94 bits per heavy atom. The van der Waals surface area contributed by atoms with Crippen LogP contribution in [0.25, 0.3) is 6.08 Å². The highest BCUT2D eigenvalue weighted by molar-refractivity contribution is 7.09. The molecule has 2 rings (SSSR count). The summed E-state index contributed by atoms with van der Waals surface area (Å²) in [4.78, 5) is 30.3. The minimum Gasteiger partial charge on any atom is -0.457 e. The predicted molar refractivity (Wildman–Crippen MR) is 132 cm³/mol. The molecule has 0 aromatic carbocycles. The Kier molecular flexibility index (Phi) is 10.0. The van der Waals surface area contributed by atoms with Crippen LogP contribution in [0.3, 0.4) is 0 Å². The molecule has 1 aliphatic heterocycles. The summed E-state index contributed by atoms with van der Waals surface area (Å²) in [5, 5.41) is 24.4. The van der Waals surface area contributed by atoms with E-state index in [4.69, 9.17) is 4.74 Å². The Labute approximate surface area is 201 Å². The van der Waals surface area contributed by atoms with Crippen molar-refractivity contribution in [3.8, 4) is 0 Å². The molecule has 2 heterocycles. The first-order chi connectivity index (χ1) is 15.4. The van der Waals surface area contributed by atoms with E-state index >= 15 is 0 Å². The number of aryl methyl sites for hydroxylation is 1. The molecular formula is C26H39NO5S. The summed E-state index contributed by atoms with van der Waals surface area (Å²) in [6, 6.07) is 0. The standard InChI is InChI=1S/C26H39NO5S/c1-16-11-9-7-8-10-12-21(17(2)13-20-15-33-19(4)27-20)32-23(29)14-22(28)26(5,6)25(31)18(3)24(16)30/h8,10,13,15-16,18,21-22,24,28,30H,7,9,11-12,14H2,1-6H3/b10-8-,17-13+/t16?,18?,21?,22-,24-/m0/s1. The van der Waals surface area contributed by atoms with Crippen LogP contribution >= 0.6 is 11.3 Å². The van der Waals surface area contributed by atoms with Crippen LogP contribution in [0, 0.1) is 24.2 Å². The van der Waals surface area contributed by atoms with E-state index in [0.717, 1.165) is 35.5 Å². The van der Waals surface area contributed by atoms with Crippen LogP contribution in [0.1, 0.15) is 77.4 Å². The maximum Gasteiger partial charge on any atom is 0.309 e. The molecule has 0 bridgehead atoms. The highest BCUT2D eigenvalue weighted by atomic mass is 32.1. The van der Waals surface area contributed by atoms with E-state index in [2.05, 4.69) is 11.1 Å². The van der Waals surface area contributed by atoms with Gasteiger partial charge in [-0.15, -0.1) is 11.3 Å². The van der Waals surface area contributed by atoms with Gasteiger partial charge in [0.05, 0.1) is 34.7 Å². The van der Waals surface area contributed by atoms with Gasteiger partial charge in [-0.2, -0.15) is 0 Å². The second-order valence-electron chi connectivity index (χ2n) is 9.86. The SMILES string of the molecule is C/C(=C\c1csc(C)n1)C1C/C=C\CCCC(C)[C@H](O)C(C)C(=O)C(C)(C)[C@@H](O)CC(=O)O1. The van der Waals surface area contributed by atoms with Crippen molar-refractivity contribution in [2.24, 2.45) is 17.3 Å². The molecule has 0 aliphatic carbocycles. The molecule has 184 valence electrons. The smallest absolute Gasteiger partial charge is 0.309 e. The minimum absolute atomic E-state index is 0.0392. The number of hydrogen-bond donors (Lipinski definition) is 2. The van der Waals surface area contributed by atoms with Crippen molar-refractivity contribution in [3.63, 3.8) is 0 Å². The lowest BCUT2D eigenvalue weighted by Crippen LogP contribution is -2.45. The van der Waals surface area contributed by atoms with Crippen LogP contribution in [-0.2, 0) is 14.3 Å². The summed E-state index contributed by atoms with van der Waals surface area (Å²) in [6.45, 7) is 10.8. The summed E-state index contributed by atoms with van der Waals surface area (Å²) in [5.74, 6) is -1.48. The van der Waals surface area contributed by atoms with Gasteiger partial charge in [0.2, 0.25) is 0 Å². The molecule has 0 saturated carbocycles. The highest BCUT2D eigenvalue weighted by Crippen LogP contribution is 2.32. The fraction of sp³-hybridized carbons (Fsp3) is 0.654. The zero-order chi connectivity index (χ0) is 24.8. The molecule has 3 unspecified atom stereocenters. The summed E-state index contributed by atoms with van der Waals surface area (Å²) in [7, 11) is 0. The number of Topliss-reactive ketones (excluding diaryl/α,β-unsaturated/α-hetero) is 1. The average molecular weight is 478 g/mol. The normalized spacial score (nSPS) is 31.8. The summed E-state index contributed by atoms with van der Waals surface area (Å²) < 4.78 is 5.75. The van der Waals surface area contributed by atoms with E-state index in [1.165, 1.54) is 0 Å². The number of carbonyl (C=O) groups is 2. The molecule has 0 radical (unpaired) electrons. The number of nitrogens with zero attached hydrogens (tertiary/aromatic N) is 1. The monoisotopic (exact) mass is 477 g/mol. The minimum atomic E-state index is -1.21. The predicted octanol–water partition coefficient (Wildman–Crippen LogP) is 4.88. The van der Waals surface area contributed by atoms with Crippen LogP contribution in [0.2, 0.25) is 0 Å². The zero-order valence-corrected chi connectivity index (χ0v) is 21.5. The third kappa shape index (κ3) is 7.59. The molecule has 33 heavy (non-hydrogen) atoms. The average Bonchev–Trinajstić information content (AvgIpc) is 3.16. The Bertz CT molecular complexity index is 872. The fourth-order valence-electron chi connectivity index (χ4n) is 4.18. The number of aliphatic hydroxyl groups excluding tert-OH is 2. The third-order valence-corrected chi connectivity index (χ3v) is 7.47. The number of allylic oxidation sites excluding steroid dienone is 1. The molecule has 2 N–H and O–H groups in total. The summed E-state index contributed by atoms with van der Waals surface area (Å²) in [6.07, 6.45) is 6.28. The molecule has 0 fully saturated rings. The lowest BCUT2D eigenvalue weighted by atomic mass is 9.73. The number of hydrogen-bond acceptors (Lipinski definition) is 7. The largest absolute Gasteiger partial charge is 0.457 e.